The molecule has 5 heteroatoms. The number of carbonyl (C=O) groups is 1. The molecule has 0 bridgehead atoms. The first-order valence-corrected chi connectivity index (χ1v) is 7.90. The van der Waals surface area contributed by atoms with Gasteiger partial charge in [0.2, 0.25) is 0 Å². The molecule has 2 amide bonds. The van der Waals surface area contributed by atoms with E-state index in [1.807, 2.05) is 44.2 Å². The molecule has 1 atom stereocenters. The molecule has 2 rings (SSSR count). The Kier molecular flexibility index (Phi) is 5.83. The van der Waals surface area contributed by atoms with Crippen molar-refractivity contribution in [1.29, 1.82) is 0 Å². The van der Waals surface area contributed by atoms with Gasteiger partial charge < -0.3 is 20.7 Å². The molecule has 1 aromatic heterocycles. The van der Waals surface area contributed by atoms with E-state index in [9.17, 15) is 9.90 Å². The normalized spacial score (nSPS) is 12.5. The molecule has 22 heavy (non-hydrogen) atoms. The summed E-state index contributed by atoms with van der Waals surface area (Å²) in [7, 11) is 0. The van der Waals surface area contributed by atoms with Crippen molar-refractivity contribution in [3.05, 3.63) is 36.0 Å². The summed E-state index contributed by atoms with van der Waals surface area (Å²) in [6.07, 6.45) is 1.33. The largest absolute Gasteiger partial charge is 0.391 e. The molecule has 0 aliphatic heterocycles. The number of hydrogen-bond acceptors (Lipinski definition) is 2. The van der Waals surface area contributed by atoms with Crippen LogP contribution in [0, 0.1) is 5.92 Å². The van der Waals surface area contributed by atoms with E-state index in [0.29, 0.717) is 6.54 Å². The first kappa shape index (κ1) is 16.4. The van der Waals surface area contributed by atoms with Crippen molar-refractivity contribution in [2.45, 2.75) is 39.3 Å². The third kappa shape index (κ3) is 4.24. The van der Waals surface area contributed by atoms with Crippen molar-refractivity contribution in [2.75, 3.05) is 6.54 Å². The van der Waals surface area contributed by atoms with Gasteiger partial charge in [-0.25, -0.2) is 4.79 Å². The van der Waals surface area contributed by atoms with Gasteiger partial charge in [-0.3, -0.25) is 0 Å². The van der Waals surface area contributed by atoms with Crippen LogP contribution in [0.15, 0.2) is 30.3 Å². The van der Waals surface area contributed by atoms with Crippen LogP contribution >= 0.6 is 0 Å². The maximum absolute atomic E-state index is 11.8. The number of aromatic nitrogens is 1. The summed E-state index contributed by atoms with van der Waals surface area (Å²) in [5.74, 6) is 0.231. The maximum Gasteiger partial charge on any atom is 0.315 e. The van der Waals surface area contributed by atoms with E-state index in [2.05, 4.69) is 15.6 Å². The lowest BCUT2D eigenvalue weighted by Crippen LogP contribution is -2.41. The molecular weight excluding hydrogens is 278 g/mol. The second-order valence-electron chi connectivity index (χ2n) is 5.59. The van der Waals surface area contributed by atoms with Crippen molar-refractivity contribution < 1.29 is 9.90 Å². The summed E-state index contributed by atoms with van der Waals surface area (Å²) in [6, 6.07) is 9.76. The number of rotatable bonds is 7. The van der Waals surface area contributed by atoms with Crippen molar-refractivity contribution in [2.24, 2.45) is 5.92 Å². The van der Waals surface area contributed by atoms with Gasteiger partial charge in [0.25, 0.3) is 0 Å². The van der Waals surface area contributed by atoms with Crippen LogP contribution in [-0.2, 0) is 6.54 Å². The Balaban J connectivity index is 1.78. The fourth-order valence-electron chi connectivity index (χ4n) is 2.66. The topological polar surface area (TPSA) is 77.2 Å². The molecule has 120 valence electrons. The predicted octanol–water partition coefficient (Wildman–Crippen LogP) is 2.76. The standard InChI is InChI=1S/C17H25N3O2/c1-3-12(4-2)16(21)11-19-17(22)18-10-14-9-13-7-5-6-8-15(13)20-14/h5-9,12,16,20-21H,3-4,10-11H2,1-2H3,(H2,18,19,22). The first-order valence-electron chi connectivity index (χ1n) is 7.90. The molecule has 0 spiro atoms. The minimum atomic E-state index is -0.492. The highest BCUT2D eigenvalue weighted by molar-refractivity contribution is 5.80. The number of aliphatic hydroxyl groups excluding tert-OH is 1. The first-order chi connectivity index (χ1) is 10.6. The molecule has 1 unspecified atom stereocenters. The third-order valence-electron chi connectivity index (χ3n) is 4.09. The Morgan fingerprint density at radius 1 is 1.23 bits per heavy atom. The van der Waals surface area contributed by atoms with Gasteiger partial charge in [0, 0.05) is 17.8 Å². The molecule has 0 saturated carbocycles. The molecule has 0 aliphatic carbocycles. The Morgan fingerprint density at radius 3 is 2.64 bits per heavy atom. The summed E-state index contributed by atoms with van der Waals surface area (Å²) in [6.45, 7) is 4.81. The van der Waals surface area contributed by atoms with Gasteiger partial charge in [-0.05, 0) is 23.4 Å². The van der Waals surface area contributed by atoms with Crippen molar-refractivity contribution >= 4 is 16.9 Å². The van der Waals surface area contributed by atoms with E-state index in [4.69, 9.17) is 0 Å². The fraction of sp³-hybridized carbons (Fsp3) is 0.471. The number of hydrogen-bond donors (Lipinski definition) is 4. The zero-order valence-electron chi connectivity index (χ0n) is 13.2. The van der Waals surface area contributed by atoms with Gasteiger partial charge in [0.15, 0.2) is 0 Å². The summed E-state index contributed by atoms with van der Waals surface area (Å²) in [4.78, 5) is 15.0. The van der Waals surface area contributed by atoms with Gasteiger partial charge in [-0.2, -0.15) is 0 Å². The minimum absolute atomic E-state index is 0.231. The summed E-state index contributed by atoms with van der Waals surface area (Å²) < 4.78 is 0. The van der Waals surface area contributed by atoms with Crippen LogP contribution in [0.3, 0.4) is 0 Å². The Hall–Kier alpha value is -2.01. The number of H-pyrrole nitrogens is 1. The predicted molar refractivity (Wildman–Crippen MR) is 88.6 cm³/mol. The molecule has 2 aromatic rings. The Bertz CT molecular complexity index is 572. The fourth-order valence-corrected chi connectivity index (χ4v) is 2.66. The van der Waals surface area contributed by atoms with Crippen molar-refractivity contribution in [3.8, 4) is 0 Å². The van der Waals surface area contributed by atoms with Crippen LogP contribution in [-0.4, -0.2) is 28.8 Å². The quantitative estimate of drug-likeness (QED) is 0.635. The van der Waals surface area contributed by atoms with E-state index in [1.54, 1.807) is 0 Å². The van der Waals surface area contributed by atoms with Crippen LogP contribution in [0.4, 0.5) is 4.79 Å². The zero-order chi connectivity index (χ0) is 15.9. The van der Waals surface area contributed by atoms with Crippen LogP contribution in [0.2, 0.25) is 0 Å². The summed E-state index contributed by atoms with van der Waals surface area (Å²) in [5.41, 5.74) is 2.01. The van der Waals surface area contributed by atoms with Gasteiger partial charge in [0.1, 0.15) is 0 Å². The molecule has 1 heterocycles. The monoisotopic (exact) mass is 303 g/mol. The van der Waals surface area contributed by atoms with E-state index in [0.717, 1.165) is 29.4 Å². The number of urea groups is 1. The second kappa shape index (κ2) is 7.84. The van der Waals surface area contributed by atoms with Gasteiger partial charge >= 0.3 is 6.03 Å². The Labute approximate surface area is 131 Å². The average molecular weight is 303 g/mol. The molecule has 0 radical (unpaired) electrons. The van der Waals surface area contributed by atoms with E-state index in [-0.39, 0.29) is 18.5 Å². The highest BCUT2D eigenvalue weighted by Gasteiger charge is 2.16. The SMILES string of the molecule is CCC(CC)C(O)CNC(=O)NCc1cc2ccccc2[nH]1. The molecule has 0 fully saturated rings. The van der Waals surface area contributed by atoms with Gasteiger partial charge in [-0.15, -0.1) is 0 Å². The number of benzene rings is 1. The number of nitrogens with one attached hydrogen (secondary N) is 3. The number of aliphatic hydroxyl groups is 1. The van der Waals surface area contributed by atoms with Crippen LogP contribution in [0.25, 0.3) is 10.9 Å². The summed E-state index contributed by atoms with van der Waals surface area (Å²) in [5, 5.41) is 16.6. The van der Waals surface area contributed by atoms with Crippen LogP contribution < -0.4 is 10.6 Å². The van der Waals surface area contributed by atoms with Gasteiger partial charge in [0.05, 0.1) is 12.6 Å². The highest BCUT2D eigenvalue weighted by Crippen LogP contribution is 2.14. The lowest BCUT2D eigenvalue weighted by molar-refractivity contribution is 0.103. The zero-order valence-corrected chi connectivity index (χ0v) is 13.2. The lowest BCUT2D eigenvalue weighted by atomic mass is 9.97. The molecule has 5 nitrogen and oxygen atoms in total. The van der Waals surface area contributed by atoms with Crippen LogP contribution in [0.5, 0.6) is 0 Å². The second-order valence-corrected chi connectivity index (χ2v) is 5.59. The van der Waals surface area contributed by atoms with Crippen molar-refractivity contribution in [3.63, 3.8) is 0 Å². The van der Waals surface area contributed by atoms with E-state index < -0.39 is 6.10 Å². The minimum Gasteiger partial charge on any atom is -0.391 e. The molecule has 4 N–H and O–H groups in total. The van der Waals surface area contributed by atoms with Crippen molar-refractivity contribution in [1.82, 2.24) is 15.6 Å². The van der Waals surface area contributed by atoms with Crippen LogP contribution in [0.1, 0.15) is 32.4 Å². The molecule has 0 aliphatic rings. The molecule has 0 saturated heterocycles. The molecular formula is C17H25N3O2. The van der Waals surface area contributed by atoms with Gasteiger partial charge in [-0.1, -0.05) is 44.9 Å². The number of aromatic amines is 1. The van der Waals surface area contributed by atoms with E-state index >= 15 is 0 Å². The lowest BCUT2D eigenvalue weighted by Gasteiger charge is -2.20. The number of carbonyl (C=O) groups excluding carboxylic acids is 1. The third-order valence-corrected chi connectivity index (χ3v) is 4.09. The molecule has 1 aromatic carbocycles. The highest BCUT2D eigenvalue weighted by atomic mass is 16.3. The summed E-state index contributed by atoms with van der Waals surface area (Å²) >= 11 is 0. The van der Waals surface area contributed by atoms with E-state index in [1.165, 1.54) is 0 Å². The average Bonchev–Trinajstić information content (AvgIpc) is 2.95. The number of para-hydroxylation sites is 1. The maximum atomic E-state index is 11.8. The number of amides is 2. The Morgan fingerprint density at radius 2 is 1.95 bits per heavy atom. The number of fused-ring (bicyclic) bond motifs is 1. The smallest absolute Gasteiger partial charge is 0.315 e.